The molecule has 0 unspecified atom stereocenters. The van der Waals surface area contributed by atoms with Crippen LogP contribution in [-0.4, -0.2) is 70.1 Å². The van der Waals surface area contributed by atoms with E-state index in [4.69, 9.17) is 24.4 Å². The molecule has 1 aliphatic heterocycles. The van der Waals surface area contributed by atoms with Gasteiger partial charge in [-0.05, 0) is 17.9 Å². The zero-order valence-electron chi connectivity index (χ0n) is 21.9. The van der Waals surface area contributed by atoms with Crippen molar-refractivity contribution in [3.05, 3.63) is 54.5 Å². The minimum Gasteiger partial charge on any atom is -0.378 e. The molecule has 3 aromatic heterocycles. The monoisotopic (exact) mass is 515 g/mol. The standard InChI is InChI=1S/C27H33N7O2Si/c1-32-19-28-25-26(32)30-23(31-27(25)33-12-14-35-15-13-33)10-11-24-29-22(21-8-6-5-7-9-21)18-34(24)20-36-16-17-37(2,3)4/h5-9,18-19H,12-17,20H2,1-4H3. The van der Waals surface area contributed by atoms with Crippen LogP contribution in [0.5, 0.6) is 0 Å². The molecule has 4 aromatic rings. The molecule has 0 amide bonds. The molecule has 0 N–H and O–H groups in total. The van der Waals surface area contributed by atoms with Gasteiger partial charge in [-0.2, -0.15) is 0 Å². The zero-order chi connectivity index (χ0) is 25.8. The lowest BCUT2D eigenvalue weighted by atomic mass is 10.2. The van der Waals surface area contributed by atoms with Gasteiger partial charge in [-0.25, -0.2) is 19.9 Å². The van der Waals surface area contributed by atoms with E-state index in [0.29, 0.717) is 31.6 Å². The number of morpholine rings is 1. The maximum atomic E-state index is 6.03. The number of imidazole rings is 2. The summed E-state index contributed by atoms with van der Waals surface area (Å²) in [5.41, 5.74) is 3.42. The second-order valence-electron chi connectivity index (χ2n) is 10.4. The number of nitrogens with zero attached hydrogens (tertiary/aromatic N) is 7. The maximum absolute atomic E-state index is 6.03. The van der Waals surface area contributed by atoms with E-state index in [0.717, 1.165) is 54.0 Å². The van der Waals surface area contributed by atoms with Crippen molar-refractivity contribution in [1.82, 2.24) is 29.1 Å². The lowest BCUT2D eigenvalue weighted by molar-refractivity contribution is 0.0866. The largest absolute Gasteiger partial charge is 0.378 e. The van der Waals surface area contributed by atoms with Crippen LogP contribution in [0, 0.1) is 11.8 Å². The molecular weight excluding hydrogens is 482 g/mol. The first-order valence-electron chi connectivity index (χ1n) is 12.6. The summed E-state index contributed by atoms with van der Waals surface area (Å²) in [7, 11) is 0.759. The topological polar surface area (TPSA) is 83.1 Å². The summed E-state index contributed by atoms with van der Waals surface area (Å²) in [6.45, 7) is 11.0. The van der Waals surface area contributed by atoms with E-state index >= 15 is 0 Å². The van der Waals surface area contributed by atoms with Gasteiger partial charge in [0.15, 0.2) is 22.8 Å². The number of aromatic nitrogens is 6. The Labute approximate surface area is 218 Å². The number of aryl methyl sites for hydroxylation is 1. The highest BCUT2D eigenvalue weighted by Gasteiger charge is 2.20. The van der Waals surface area contributed by atoms with E-state index in [9.17, 15) is 0 Å². The van der Waals surface area contributed by atoms with Gasteiger partial charge in [0.1, 0.15) is 6.73 Å². The van der Waals surface area contributed by atoms with Crippen molar-refractivity contribution >= 4 is 25.1 Å². The van der Waals surface area contributed by atoms with E-state index in [1.165, 1.54) is 0 Å². The summed E-state index contributed by atoms with van der Waals surface area (Å²) in [6, 6.07) is 11.2. The first-order valence-corrected chi connectivity index (χ1v) is 16.3. The Morgan fingerprint density at radius 2 is 1.81 bits per heavy atom. The lowest BCUT2D eigenvalue weighted by Crippen LogP contribution is -2.37. The zero-order valence-corrected chi connectivity index (χ0v) is 22.9. The summed E-state index contributed by atoms with van der Waals surface area (Å²) < 4.78 is 15.4. The number of anilines is 1. The lowest BCUT2D eigenvalue weighted by Gasteiger charge is -2.27. The molecule has 0 saturated carbocycles. The minimum atomic E-state index is -1.17. The summed E-state index contributed by atoms with van der Waals surface area (Å²) >= 11 is 0. The Morgan fingerprint density at radius 3 is 2.57 bits per heavy atom. The third-order valence-electron chi connectivity index (χ3n) is 6.21. The molecule has 9 nitrogen and oxygen atoms in total. The number of benzene rings is 1. The Kier molecular flexibility index (Phi) is 7.37. The van der Waals surface area contributed by atoms with Crippen LogP contribution in [-0.2, 0) is 23.3 Å². The second kappa shape index (κ2) is 10.8. The number of hydrogen-bond donors (Lipinski definition) is 0. The van der Waals surface area contributed by atoms with Gasteiger partial charge in [-0.3, -0.25) is 4.57 Å². The molecule has 5 rings (SSSR count). The number of fused-ring (bicyclic) bond motifs is 1. The average molecular weight is 516 g/mol. The fraction of sp³-hybridized carbons (Fsp3) is 0.407. The van der Waals surface area contributed by atoms with E-state index in [1.54, 1.807) is 6.33 Å². The first kappa shape index (κ1) is 25.1. The molecule has 1 aromatic carbocycles. The van der Waals surface area contributed by atoms with Gasteiger partial charge in [0, 0.05) is 46.6 Å². The van der Waals surface area contributed by atoms with Crippen LogP contribution in [0.4, 0.5) is 5.82 Å². The Bertz CT molecular complexity index is 1420. The summed E-state index contributed by atoms with van der Waals surface area (Å²) in [5.74, 6) is 8.23. The van der Waals surface area contributed by atoms with Crippen molar-refractivity contribution in [3.63, 3.8) is 0 Å². The summed E-state index contributed by atoms with van der Waals surface area (Å²) in [5, 5.41) is 0. The van der Waals surface area contributed by atoms with Crippen LogP contribution in [0.25, 0.3) is 22.4 Å². The molecule has 0 radical (unpaired) electrons. The smallest absolute Gasteiger partial charge is 0.209 e. The molecule has 10 heteroatoms. The predicted molar refractivity (Wildman–Crippen MR) is 147 cm³/mol. The van der Waals surface area contributed by atoms with Crippen LogP contribution in [0.15, 0.2) is 42.9 Å². The van der Waals surface area contributed by atoms with Crippen LogP contribution in [0.3, 0.4) is 0 Å². The van der Waals surface area contributed by atoms with E-state index < -0.39 is 8.07 Å². The number of hydrogen-bond acceptors (Lipinski definition) is 7. The van der Waals surface area contributed by atoms with Gasteiger partial charge in [-0.15, -0.1) is 0 Å². The highest BCUT2D eigenvalue weighted by Crippen LogP contribution is 2.23. The van der Waals surface area contributed by atoms with Crippen LogP contribution < -0.4 is 4.90 Å². The molecule has 1 fully saturated rings. The second-order valence-corrected chi connectivity index (χ2v) is 16.0. The number of rotatable bonds is 7. The normalized spacial score (nSPS) is 14.1. The van der Waals surface area contributed by atoms with Crippen molar-refractivity contribution in [2.24, 2.45) is 7.05 Å². The van der Waals surface area contributed by atoms with Gasteiger partial charge < -0.3 is 18.9 Å². The van der Waals surface area contributed by atoms with Gasteiger partial charge >= 0.3 is 0 Å². The summed E-state index contributed by atoms with van der Waals surface area (Å²) in [4.78, 5) is 21.0. The van der Waals surface area contributed by atoms with E-state index in [1.807, 2.05) is 52.7 Å². The van der Waals surface area contributed by atoms with E-state index in [-0.39, 0.29) is 0 Å². The SMILES string of the molecule is Cn1cnc2c(N3CCOCC3)nc(C#Cc3nc(-c4ccccc4)cn3COCC[Si](C)(C)C)nc21. The van der Waals surface area contributed by atoms with Gasteiger partial charge in [0.05, 0.1) is 25.2 Å². The highest BCUT2D eigenvalue weighted by atomic mass is 28.3. The van der Waals surface area contributed by atoms with Crippen molar-refractivity contribution in [3.8, 4) is 23.1 Å². The van der Waals surface area contributed by atoms with Crippen molar-refractivity contribution in [2.75, 3.05) is 37.8 Å². The fourth-order valence-electron chi connectivity index (χ4n) is 4.06. The van der Waals surface area contributed by atoms with E-state index in [2.05, 4.69) is 41.4 Å². The minimum absolute atomic E-state index is 0.398. The van der Waals surface area contributed by atoms with Crippen LogP contribution in [0.2, 0.25) is 25.7 Å². The molecule has 0 atom stereocenters. The predicted octanol–water partition coefficient (Wildman–Crippen LogP) is 3.78. The molecule has 1 aliphatic rings. The van der Waals surface area contributed by atoms with Crippen LogP contribution >= 0.6 is 0 Å². The molecule has 0 aliphatic carbocycles. The molecule has 1 saturated heterocycles. The molecule has 0 spiro atoms. The molecule has 192 valence electrons. The van der Waals surface area contributed by atoms with Gasteiger partial charge in [-0.1, -0.05) is 50.0 Å². The number of ether oxygens (including phenoxy) is 2. The molecule has 0 bridgehead atoms. The van der Waals surface area contributed by atoms with Crippen molar-refractivity contribution in [1.29, 1.82) is 0 Å². The van der Waals surface area contributed by atoms with Crippen molar-refractivity contribution in [2.45, 2.75) is 32.4 Å². The van der Waals surface area contributed by atoms with Gasteiger partial charge in [0.25, 0.3) is 0 Å². The molecular formula is C27H33N7O2Si. The van der Waals surface area contributed by atoms with Crippen LogP contribution in [0.1, 0.15) is 11.6 Å². The van der Waals surface area contributed by atoms with Gasteiger partial charge in [0.2, 0.25) is 5.82 Å². The Balaban J connectivity index is 1.47. The summed E-state index contributed by atoms with van der Waals surface area (Å²) in [6.07, 6.45) is 3.76. The average Bonchev–Trinajstić information content (AvgIpc) is 3.49. The Hall–Kier alpha value is -3.52. The Morgan fingerprint density at radius 1 is 1.03 bits per heavy atom. The molecule has 37 heavy (non-hydrogen) atoms. The third kappa shape index (κ3) is 6.07. The molecule has 4 heterocycles. The highest BCUT2D eigenvalue weighted by molar-refractivity contribution is 6.76. The first-order chi connectivity index (χ1) is 17.9. The quantitative estimate of drug-likeness (QED) is 0.210. The maximum Gasteiger partial charge on any atom is 0.209 e. The fourth-order valence-corrected chi connectivity index (χ4v) is 4.82. The third-order valence-corrected chi connectivity index (χ3v) is 7.92. The van der Waals surface area contributed by atoms with Crippen molar-refractivity contribution < 1.29 is 9.47 Å².